The van der Waals surface area contributed by atoms with Crippen LogP contribution in [0, 0.1) is 17.8 Å². The van der Waals surface area contributed by atoms with Crippen LogP contribution in [0.2, 0.25) is 0 Å². The number of nitrogens with zero attached hydrogens (tertiary/aromatic N) is 3. The average Bonchev–Trinajstić information content (AvgIpc) is 3.29. The first-order valence-corrected chi connectivity index (χ1v) is 9.80. The third-order valence-electron chi connectivity index (χ3n) is 6.00. The van der Waals surface area contributed by atoms with E-state index in [1.807, 2.05) is 11.0 Å². The molecule has 2 saturated heterocycles. The van der Waals surface area contributed by atoms with Gasteiger partial charge in [-0.25, -0.2) is 0 Å². The summed E-state index contributed by atoms with van der Waals surface area (Å²) in [5.41, 5.74) is 1.43. The summed E-state index contributed by atoms with van der Waals surface area (Å²) in [6.07, 6.45) is 2.06. The van der Waals surface area contributed by atoms with Gasteiger partial charge >= 0.3 is 0 Å². The van der Waals surface area contributed by atoms with E-state index in [9.17, 15) is 15.0 Å². The van der Waals surface area contributed by atoms with Crippen LogP contribution in [-0.4, -0.2) is 82.1 Å². The van der Waals surface area contributed by atoms with Gasteiger partial charge in [0, 0.05) is 44.5 Å². The van der Waals surface area contributed by atoms with Crippen molar-refractivity contribution in [2.75, 3.05) is 45.9 Å². The van der Waals surface area contributed by atoms with E-state index in [-0.39, 0.29) is 31.0 Å². The monoisotopic (exact) mass is 364 g/mol. The van der Waals surface area contributed by atoms with E-state index in [4.69, 9.17) is 0 Å². The molecule has 2 fully saturated rings. The molecule has 1 amide bonds. The number of piperidine rings is 1. The maximum atomic E-state index is 12.8. The predicted molar refractivity (Wildman–Crippen MR) is 98.9 cm³/mol. The highest BCUT2D eigenvalue weighted by molar-refractivity contribution is 5.92. The smallest absolute Gasteiger partial charge is 0.274 e. The quantitative estimate of drug-likeness (QED) is 0.698. The minimum Gasteiger partial charge on any atom is -0.396 e. The summed E-state index contributed by atoms with van der Waals surface area (Å²) in [7, 11) is 0. The van der Waals surface area contributed by atoms with Gasteiger partial charge in [0.2, 0.25) is 0 Å². The van der Waals surface area contributed by atoms with E-state index >= 15 is 0 Å². The maximum Gasteiger partial charge on any atom is 0.274 e. The molecule has 1 aromatic rings. The van der Waals surface area contributed by atoms with Crippen molar-refractivity contribution in [3.63, 3.8) is 0 Å². The van der Waals surface area contributed by atoms with Gasteiger partial charge in [0.1, 0.15) is 5.69 Å². The zero-order valence-electron chi connectivity index (χ0n) is 15.9. The van der Waals surface area contributed by atoms with Crippen molar-refractivity contribution in [2.45, 2.75) is 32.6 Å². The Balaban J connectivity index is 1.58. The SMILES string of the molecule is CC(C)c1cc(C(=O)N2C[C@@H](CN3CCC(CO)CC3)[C@@H](CO)C2)n[nH]1. The van der Waals surface area contributed by atoms with Crippen LogP contribution in [0.15, 0.2) is 6.07 Å². The van der Waals surface area contributed by atoms with Crippen molar-refractivity contribution < 1.29 is 15.0 Å². The van der Waals surface area contributed by atoms with Gasteiger partial charge < -0.3 is 20.0 Å². The molecule has 3 N–H and O–H groups in total. The lowest BCUT2D eigenvalue weighted by atomic mass is 9.93. The molecule has 3 rings (SSSR count). The van der Waals surface area contributed by atoms with Crippen LogP contribution in [0.25, 0.3) is 0 Å². The minimum atomic E-state index is -0.0481. The van der Waals surface area contributed by atoms with Gasteiger partial charge in [0.05, 0.1) is 0 Å². The fourth-order valence-corrected chi connectivity index (χ4v) is 4.11. The summed E-state index contributed by atoms with van der Waals surface area (Å²) in [6, 6.07) is 1.84. The third kappa shape index (κ3) is 4.27. The molecule has 0 radical (unpaired) electrons. The third-order valence-corrected chi connectivity index (χ3v) is 6.00. The lowest BCUT2D eigenvalue weighted by Crippen LogP contribution is -2.40. The van der Waals surface area contributed by atoms with E-state index in [1.54, 1.807) is 0 Å². The molecule has 26 heavy (non-hydrogen) atoms. The Morgan fingerprint density at radius 1 is 1.23 bits per heavy atom. The van der Waals surface area contributed by atoms with Crippen molar-refractivity contribution in [1.29, 1.82) is 0 Å². The number of carbonyl (C=O) groups excluding carboxylic acids is 1. The average molecular weight is 364 g/mol. The van der Waals surface area contributed by atoms with Crippen molar-refractivity contribution in [3.8, 4) is 0 Å². The predicted octanol–water partition coefficient (Wildman–Crippen LogP) is 0.918. The van der Waals surface area contributed by atoms with Crippen LogP contribution in [0.5, 0.6) is 0 Å². The van der Waals surface area contributed by atoms with Gasteiger partial charge in [-0.05, 0) is 49.8 Å². The van der Waals surface area contributed by atoms with Crippen LogP contribution in [0.4, 0.5) is 0 Å². The second-order valence-electron chi connectivity index (χ2n) is 8.20. The fraction of sp³-hybridized carbons (Fsp3) is 0.789. The van der Waals surface area contributed by atoms with Gasteiger partial charge in [-0.15, -0.1) is 0 Å². The number of rotatable bonds is 6. The van der Waals surface area contributed by atoms with E-state index in [1.165, 1.54) is 0 Å². The molecule has 0 unspecified atom stereocenters. The zero-order chi connectivity index (χ0) is 18.7. The van der Waals surface area contributed by atoms with Crippen molar-refractivity contribution in [1.82, 2.24) is 20.0 Å². The highest BCUT2D eigenvalue weighted by Gasteiger charge is 2.37. The summed E-state index contributed by atoms with van der Waals surface area (Å²) >= 11 is 0. The lowest BCUT2D eigenvalue weighted by Gasteiger charge is -2.33. The molecule has 0 bridgehead atoms. The van der Waals surface area contributed by atoms with Crippen molar-refractivity contribution >= 4 is 5.91 Å². The van der Waals surface area contributed by atoms with Gasteiger partial charge in [-0.2, -0.15) is 5.10 Å². The number of likely N-dealkylation sites (tertiary alicyclic amines) is 2. The molecule has 2 aliphatic heterocycles. The van der Waals surface area contributed by atoms with Crippen molar-refractivity contribution in [2.24, 2.45) is 17.8 Å². The molecule has 2 atom stereocenters. The van der Waals surface area contributed by atoms with E-state index < -0.39 is 0 Å². The number of aliphatic hydroxyl groups is 2. The summed E-state index contributed by atoms with van der Waals surface area (Å²) in [6.45, 7) is 8.68. The van der Waals surface area contributed by atoms with Crippen LogP contribution < -0.4 is 0 Å². The van der Waals surface area contributed by atoms with E-state index in [0.717, 1.165) is 38.2 Å². The Morgan fingerprint density at radius 2 is 1.92 bits per heavy atom. The van der Waals surface area contributed by atoms with E-state index in [2.05, 4.69) is 28.9 Å². The summed E-state index contributed by atoms with van der Waals surface area (Å²) in [5, 5.41) is 26.2. The fourth-order valence-electron chi connectivity index (χ4n) is 4.11. The molecule has 3 heterocycles. The number of aromatic amines is 1. The van der Waals surface area contributed by atoms with Gasteiger partial charge in [0.25, 0.3) is 5.91 Å². The number of hydrogen-bond donors (Lipinski definition) is 3. The summed E-state index contributed by atoms with van der Waals surface area (Å²) < 4.78 is 0. The standard InChI is InChI=1S/C19H32N4O3/c1-13(2)17-7-18(21-20-17)19(26)23-9-15(16(10-23)12-25)8-22-5-3-14(11-24)4-6-22/h7,13-16,24-25H,3-6,8-12H2,1-2H3,(H,20,21)/t15-,16-/m1/s1. The molecule has 0 saturated carbocycles. The van der Waals surface area contributed by atoms with Crippen molar-refractivity contribution in [3.05, 3.63) is 17.5 Å². The number of aliphatic hydroxyl groups excluding tert-OH is 2. The lowest BCUT2D eigenvalue weighted by molar-refractivity contribution is 0.0770. The molecule has 0 aliphatic carbocycles. The normalized spacial score (nSPS) is 25.3. The van der Waals surface area contributed by atoms with Gasteiger partial charge in [-0.3, -0.25) is 9.89 Å². The highest BCUT2D eigenvalue weighted by atomic mass is 16.3. The second kappa shape index (κ2) is 8.50. The van der Waals surface area contributed by atoms with Crippen LogP contribution >= 0.6 is 0 Å². The Labute approximate surface area is 155 Å². The molecule has 1 aromatic heterocycles. The molecule has 2 aliphatic rings. The summed E-state index contributed by atoms with van der Waals surface area (Å²) in [4.78, 5) is 17.0. The highest BCUT2D eigenvalue weighted by Crippen LogP contribution is 2.27. The first kappa shape index (κ1) is 19.3. The van der Waals surface area contributed by atoms with Gasteiger partial charge in [-0.1, -0.05) is 13.8 Å². The Hall–Kier alpha value is -1.44. The first-order valence-electron chi connectivity index (χ1n) is 9.80. The molecule has 7 nitrogen and oxygen atoms in total. The van der Waals surface area contributed by atoms with E-state index in [0.29, 0.717) is 30.6 Å². The van der Waals surface area contributed by atoms with Crippen LogP contribution in [-0.2, 0) is 0 Å². The van der Waals surface area contributed by atoms with Crippen LogP contribution in [0.3, 0.4) is 0 Å². The molecule has 7 heteroatoms. The van der Waals surface area contributed by atoms with Crippen LogP contribution in [0.1, 0.15) is 48.8 Å². The minimum absolute atomic E-state index is 0.0481. The molecular weight excluding hydrogens is 332 g/mol. The number of aromatic nitrogens is 2. The van der Waals surface area contributed by atoms with Gasteiger partial charge in [0.15, 0.2) is 0 Å². The zero-order valence-corrected chi connectivity index (χ0v) is 15.9. The summed E-state index contributed by atoms with van der Waals surface area (Å²) in [5.74, 6) is 1.10. The molecule has 0 aromatic carbocycles. The Bertz CT molecular complexity index is 595. The number of H-pyrrole nitrogens is 1. The topological polar surface area (TPSA) is 92.7 Å². The number of hydrogen-bond acceptors (Lipinski definition) is 5. The number of carbonyl (C=O) groups is 1. The molecule has 0 spiro atoms. The number of nitrogens with one attached hydrogen (secondary N) is 1. The molecular formula is C19H32N4O3. The Kier molecular flexibility index (Phi) is 6.32. The Morgan fingerprint density at radius 3 is 2.50 bits per heavy atom. The number of amides is 1. The first-order chi connectivity index (χ1) is 12.5. The molecule has 146 valence electrons. The maximum absolute atomic E-state index is 12.8. The largest absolute Gasteiger partial charge is 0.396 e. The second-order valence-corrected chi connectivity index (χ2v) is 8.20.